The lowest BCUT2D eigenvalue weighted by Gasteiger charge is -2.27. The average molecular weight is 847 g/mol. The number of nitrogen functional groups attached to an aromatic ring is 2. The third-order valence-corrected chi connectivity index (χ3v) is 11.9. The van der Waals surface area contributed by atoms with Gasteiger partial charge in [0.2, 0.25) is 11.2 Å². The van der Waals surface area contributed by atoms with Crippen LogP contribution in [-0.4, -0.2) is 99.8 Å². The van der Waals surface area contributed by atoms with Gasteiger partial charge in [0.1, 0.15) is 23.8 Å². The molecule has 0 spiro atoms. The number of hydrogen-bond donors (Lipinski definition) is 5. The molecule has 2 bridgehead atoms. The smallest absolute Gasteiger partial charge is 0.386 e. The summed E-state index contributed by atoms with van der Waals surface area (Å²) in [6.07, 6.45) is -10.3. The van der Waals surface area contributed by atoms with E-state index in [0.717, 1.165) is 0 Å². The van der Waals surface area contributed by atoms with Crippen molar-refractivity contribution < 1.29 is 50.9 Å². The lowest BCUT2D eigenvalue weighted by Crippen LogP contribution is -2.39. The molecule has 21 nitrogen and oxygen atoms in total. The van der Waals surface area contributed by atoms with Crippen LogP contribution in [0.25, 0.3) is 22.3 Å². The van der Waals surface area contributed by atoms with E-state index in [2.05, 4.69) is 42.2 Å². The predicted molar refractivity (Wildman–Crippen MR) is 190 cm³/mol. The predicted octanol–water partition coefficient (Wildman–Crippen LogP) is 2.21. The molecule has 0 amide bonds. The molecule has 54 heavy (non-hydrogen) atoms. The van der Waals surface area contributed by atoms with Crippen molar-refractivity contribution in [1.82, 2.24) is 39.0 Å². The van der Waals surface area contributed by atoms with Crippen LogP contribution in [0.2, 0.25) is 5.28 Å². The first kappa shape index (κ1) is 37.3. The highest BCUT2D eigenvalue weighted by Crippen LogP contribution is 2.59. The molecular weight excluding hydrogens is 821 g/mol. The van der Waals surface area contributed by atoms with Gasteiger partial charge in [-0.2, -0.15) is 15.0 Å². The summed E-state index contributed by atoms with van der Waals surface area (Å²) in [6, 6.07) is 7.86. The topological polar surface area (TPSA) is 278 Å². The van der Waals surface area contributed by atoms with Crippen LogP contribution in [0, 0.1) is 0 Å². The van der Waals surface area contributed by atoms with Crippen LogP contribution in [-0.2, 0) is 48.7 Å². The van der Waals surface area contributed by atoms with Crippen LogP contribution in [0.3, 0.4) is 0 Å². The number of nitrogens with two attached hydrogens (primary N) is 2. The number of esters is 1. The SMILES string of the molecule is Nc1nc2c(ncn2[C@@H]2O[C@@H]3COP(O)(=S)OC4C(F)[C@H](n5cnc6c(N)nc(Cl)nc65)O[C@@H]4COP(=O)(S)OC2C3OC(=O)c2ccccc2)c(=O)[nH]1. The summed E-state index contributed by atoms with van der Waals surface area (Å²) >= 11 is 15.5. The fourth-order valence-electron chi connectivity index (χ4n) is 6.19. The molecule has 0 radical (unpaired) electrons. The van der Waals surface area contributed by atoms with Crippen molar-refractivity contribution in [2.24, 2.45) is 0 Å². The van der Waals surface area contributed by atoms with Crippen molar-refractivity contribution in [3.05, 3.63) is 64.2 Å². The van der Waals surface area contributed by atoms with Crippen molar-refractivity contribution >= 4 is 89.2 Å². The normalized spacial score (nSPS) is 33.2. The Kier molecular flexibility index (Phi) is 9.76. The number of alkyl halides is 1. The Hall–Kier alpha value is -3.64. The van der Waals surface area contributed by atoms with Gasteiger partial charge in [-0.3, -0.25) is 32.5 Å². The lowest BCUT2D eigenvalue weighted by atomic mass is 10.1. The number of carbonyl (C=O) groups is 1. The highest BCUT2D eigenvalue weighted by atomic mass is 35.5. The van der Waals surface area contributed by atoms with Gasteiger partial charge < -0.3 is 35.1 Å². The van der Waals surface area contributed by atoms with Crippen molar-refractivity contribution in [2.45, 2.75) is 49.1 Å². The second-order valence-electron chi connectivity index (χ2n) is 12.0. The molecule has 6 unspecified atom stereocenters. The number of nitrogens with zero attached hydrogens (tertiary/aromatic N) is 7. The van der Waals surface area contributed by atoms with E-state index >= 15 is 4.39 Å². The highest BCUT2D eigenvalue weighted by Gasteiger charge is 2.55. The number of carbonyl (C=O) groups excluding carboxylic acids is 1. The molecule has 27 heteroatoms. The number of halogens is 2. The second kappa shape index (κ2) is 14.1. The third kappa shape index (κ3) is 7.01. The molecule has 0 saturated carbocycles. The summed E-state index contributed by atoms with van der Waals surface area (Å²) in [5.41, 5.74) is 11.0. The average Bonchev–Trinajstić information content (AvgIpc) is 3.88. The molecule has 5 aromatic rings. The number of hydrogen-bond acceptors (Lipinski definition) is 18. The maximum Gasteiger partial charge on any atom is 0.386 e. The molecule has 6 N–H and O–H groups in total. The quantitative estimate of drug-likeness (QED) is 0.0750. The minimum atomic E-state index is -4.58. The number of benzene rings is 1. The second-order valence-corrected chi connectivity index (χ2v) is 18.0. The van der Waals surface area contributed by atoms with E-state index in [0.29, 0.717) is 0 Å². The van der Waals surface area contributed by atoms with Gasteiger partial charge >= 0.3 is 19.5 Å². The van der Waals surface area contributed by atoms with Crippen LogP contribution >= 0.6 is 37.4 Å². The number of imidazole rings is 2. The summed E-state index contributed by atoms with van der Waals surface area (Å²) in [6.45, 7) is -10.4. The molecular formula is C27H26ClFN10O11P2S2. The molecule has 8 rings (SSSR count). The Bertz CT molecular complexity index is 2430. The number of nitrogens with one attached hydrogen (secondary N) is 1. The fourth-order valence-corrected chi connectivity index (χ4v) is 9.26. The highest BCUT2D eigenvalue weighted by molar-refractivity contribution is 8.44. The molecule has 4 aromatic heterocycles. The third-order valence-electron chi connectivity index (χ3n) is 8.54. The Labute approximate surface area is 316 Å². The molecule has 3 aliphatic rings. The van der Waals surface area contributed by atoms with Gasteiger partial charge in [-0.15, -0.1) is 0 Å². The van der Waals surface area contributed by atoms with E-state index in [9.17, 15) is 19.0 Å². The molecule has 1 aromatic carbocycles. The zero-order chi connectivity index (χ0) is 38.1. The summed E-state index contributed by atoms with van der Waals surface area (Å²) < 4.78 is 73.8. The molecule has 0 aliphatic carbocycles. The summed E-state index contributed by atoms with van der Waals surface area (Å²) in [7, 11) is 0. The van der Waals surface area contributed by atoms with Gasteiger partial charge in [-0.25, -0.2) is 23.7 Å². The van der Waals surface area contributed by atoms with Crippen molar-refractivity contribution in [2.75, 3.05) is 24.7 Å². The fraction of sp³-hybridized carbons (Fsp3) is 0.370. The van der Waals surface area contributed by atoms with E-state index in [1.807, 2.05) is 0 Å². The number of anilines is 2. The zero-order valence-corrected chi connectivity index (χ0v) is 31.2. The maximum absolute atomic E-state index is 16.4. The van der Waals surface area contributed by atoms with Crippen LogP contribution in [0.5, 0.6) is 0 Å². The van der Waals surface area contributed by atoms with Gasteiger partial charge in [-0.05, 0) is 35.5 Å². The van der Waals surface area contributed by atoms with Crippen molar-refractivity contribution in [1.29, 1.82) is 0 Å². The van der Waals surface area contributed by atoms with Gasteiger partial charge in [0.25, 0.3) is 5.56 Å². The van der Waals surface area contributed by atoms with Crippen molar-refractivity contribution in [3.63, 3.8) is 0 Å². The zero-order valence-electron chi connectivity index (χ0n) is 26.9. The summed E-state index contributed by atoms with van der Waals surface area (Å²) in [5.74, 6) is -1.20. The number of rotatable bonds is 4. The number of H-pyrrole nitrogens is 1. The molecule has 7 heterocycles. The molecule has 10 atom stereocenters. The molecule has 3 aliphatic heterocycles. The first-order valence-electron chi connectivity index (χ1n) is 15.6. The van der Waals surface area contributed by atoms with Gasteiger partial charge in [-0.1, -0.05) is 30.4 Å². The van der Waals surface area contributed by atoms with Crippen LogP contribution < -0.4 is 17.0 Å². The van der Waals surface area contributed by atoms with Gasteiger partial charge in [0.15, 0.2) is 53.5 Å². The van der Waals surface area contributed by atoms with E-state index in [-0.39, 0.29) is 44.9 Å². The molecule has 286 valence electrons. The number of aromatic nitrogens is 8. The van der Waals surface area contributed by atoms with Crippen molar-refractivity contribution in [3.8, 4) is 0 Å². The number of aromatic amines is 1. The van der Waals surface area contributed by atoms with Crippen LogP contribution in [0.1, 0.15) is 22.8 Å². The molecule has 3 fully saturated rings. The van der Waals surface area contributed by atoms with Crippen LogP contribution in [0.4, 0.5) is 16.2 Å². The molecule has 3 saturated heterocycles. The van der Waals surface area contributed by atoms with Gasteiger partial charge in [0, 0.05) is 0 Å². The lowest BCUT2D eigenvalue weighted by molar-refractivity contribution is -0.0590. The monoisotopic (exact) mass is 846 g/mol. The maximum atomic E-state index is 16.4. The Morgan fingerprint density at radius 2 is 1.67 bits per heavy atom. The standard InChI is InChI=1S/C27H26ClFN10O11P2S2/c28-26-34-19(30)14-20(35-26)38(8-32-14)23-13(29)16-11(46-23)6-44-52(43,54)50-18-17(48-25(41)10-4-2-1-3-5-10)12(7-45-51(42,53)49-16)47-24(18)39-9-33-15-21(39)36-27(31)37-22(15)40/h1-5,8-9,11-13,16-18,23-24H,6-7H2,(H,42,53)(H,43,54)(H2,30,34,35)(H3,31,36,37,40)/t11-,12-,13?,16?,17?,18?,23-,24-,51?,52?/m1/s1. The minimum Gasteiger partial charge on any atom is -0.453 e. The van der Waals surface area contributed by atoms with E-state index in [4.69, 9.17) is 67.2 Å². The summed E-state index contributed by atoms with van der Waals surface area (Å²) in [5, 5.41) is -0.248. The van der Waals surface area contributed by atoms with E-state index in [1.54, 1.807) is 18.2 Å². The van der Waals surface area contributed by atoms with Gasteiger partial charge in [0.05, 0.1) is 31.4 Å². The van der Waals surface area contributed by atoms with E-state index in [1.165, 1.54) is 33.9 Å². The van der Waals surface area contributed by atoms with E-state index < -0.39 is 87.4 Å². The number of fused-ring (bicyclic) bond motifs is 5. The number of thiol groups is 1. The Morgan fingerprint density at radius 1 is 1.00 bits per heavy atom. The first-order valence-corrected chi connectivity index (χ1v) is 21.2. The minimum absolute atomic E-state index is 0.0128. The largest absolute Gasteiger partial charge is 0.453 e. The Morgan fingerprint density at radius 3 is 2.43 bits per heavy atom. The first-order chi connectivity index (χ1) is 25.7. The Balaban J connectivity index is 1.16. The number of ether oxygens (including phenoxy) is 3. The van der Waals surface area contributed by atoms with Crippen LogP contribution in [0.15, 0.2) is 47.8 Å². The summed E-state index contributed by atoms with van der Waals surface area (Å²) in [4.78, 5) is 59.9.